The Morgan fingerprint density at radius 3 is 2.40 bits per heavy atom. The van der Waals surface area contributed by atoms with Crippen molar-refractivity contribution in [2.45, 2.75) is 38.1 Å². The van der Waals surface area contributed by atoms with E-state index >= 15 is 0 Å². The fourth-order valence-electron chi connectivity index (χ4n) is 4.33. The third kappa shape index (κ3) is 4.31. The minimum atomic E-state index is -0.0818. The minimum Gasteiger partial charge on any atom is -0.381 e. The van der Waals surface area contributed by atoms with E-state index in [1.54, 1.807) is 6.20 Å². The Labute approximate surface area is 178 Å². The van der Waals surface area contributed by atoms with Gasteiger partial charge in [0.05, 0.1) is 24.0 Å². The Morgan fingerprint density at radius 1 is 1.07 bits per heavy atom. The highest BCUT2D eigenvalue weighted by atomic mass is 16.5. The summed E-state index contributed by atoms with van der Waals surface area (Å²) in [6.07, 6.45) is 4.28. The summed E-state index contributed by atoms with van der Waals surface area (Å²) >= 11 is 0. The molecule has 5 nitrogen and oxygen atoms in total. The number of amides is 1. The molecule has 0 radical (unpaired) electrons. The lowest BCUT2D eigenvalue weighted by atomic mass is 9.74. The molecule has 1 saturated heterocycles. The number of rotatable bonds is 7. The zero-order valence-electron chi connectivity index (χ0n) is 17.5. The number of aromatic nitrogens is 2. The second-order valence-corrected chi connectivity index (χ2v) is 7.94. The number of hydrogen-bond acceptors (Lipinski definition) is 3. The number of carbonyl (C=O) groups is 1. The zero-order valence-corrected chi connectivity index (χ0v) is 17.5. The number of hydrogen-bond donors (Lipinski definition) is 1. The molecule has 0 aliphatic carbocycles. The molecule has 1 aliphatic rings. The Balaban J connectivity index is 1.50. The van der Waals surface area contributed by atoms with Crippen LogP contribution in [0.15, 0.2) is 66.9 Å². The average Bonchev–Trinajstić information content (AvgIpc) is 3.22. The third-order valence-electron chi connectivity index (χ3n) is 6.13. The molecule has 0 saturated carbocycles. The second kappa shape index (κ2) is 9.26. The maximum absolute atomic E-state index is 13.1. The van der Waals surface area contributed by atoms with Crippen LogP contribution in [0.2, 0.25) is 0 Å². The van der Waals surface area contributed by atoms with Gasteiger partial charge in [-0.1, -0.05) is 67.6 Å². The molecule has 1 aliphatic heterocycles. The first-order chi connectivity index (χ1) is 14.7. The van der Waals surface area contributed by atoms with Crippen LogP contribution >= 0.6 is 0 Å². The van der Waals surface area contributed by atoms with Crippen molar-refractivity contribution in [3.8, 4) is 0 Å². The zero-order chi connectivity index (χ0) is 20.8. The van der Waals surface area contributed by atoms with Crippen LogP contribution in [0.5, 0.6) is 0 Å². The van der Waals surface area contributed by atoms with Gasteiger partial charge in [-0.25, -0.2) is 0 Å². The van der Waals surface area contributed by atoms with E-state index in [2.05, 4.69) is 53.7 Å². The van der Waals surface area contributed by atoms with Crippen LogP contribution in [0.1, 0.15) is 46.9 Å². The quantitative estimate of drug-likeness (QED) is 0.649. The topological polar surface area (TPSA) is 56.1 Å². The van der Waals surface area contributed by atoms with Crippen molar-refractivity contribution in [3.05, 3.63) is 89.2 Å². The van der Waals surface area contributed by atoms with Crippen molar-refractivity contribution in [2.24, 2.45) is 0 Å². The second-order valence-electron chi connectivity index (χ2n) is 7.94. The summed E-state index contributed by atoms with van der Waals surface area (Å²) in [7, 11) is 0. The molecule has 2 heterocycles. The Hall–Kier alpha value is -2.92. The molecule has 4 rings (SSSR count). The fraction of sp³-hybridized carbons (Fsp3) is 0.360. The van der Waals surface area contributed by atoms with Crippen LogP contribution in [0.4, 0.5) is 0 Å². The lowest BCUT2D eigenvalue weighted by Crippen LogP contribution is -2.44. The van der Waals surface area contributed by atoms with Crippen LogP contribution in [-0.4, -0.2) is 35.4 Å². The highest BCUT2D eigenvalue weighted by molar-refractivity contribution is 5.95. The van der Waals surface area contributed by atoms with E-state index in [9.17, 15) is 4.79 Å². The van der Waals surface area contributed by atoms with Gasteiger partial charge in [0, 0.05) is 25.2 Å². The summed E-state index contributed by atoms with van der Waals surface area (Å²) in [5, 5.41) is 7.72. The maximum atomic E-state index is 13.1. The van der Waals surface area contributed by atoms with E-state index in [4.69, 9.17) is 4.74 Å². The monoisotopic (exact) mass is 403 g/mol. The molecule has 0 unspecified atom stereocenters. The molecule has 3 aromatic rings. The van der Waals surface area contributed by atoms with E-state index in [-0.39, 0.29) is 11.3 Å². The molecule has 1 aromatic heterocycles. The van der Waals surface area contributed by atoms with E-state index in [0.29, 0.717) is 18.7 Å². The molecule has 156 valence electrons. The summed E-state index contributed by atoms with van der Waals surface area (Å²) in [6, 6.07) is 20.7. The van der Waals surface area contributed by atoms with Gasteiger partial charge in [-0.2, -0.15) is 5.10 Å². The fourth-order valence-corrected chi connectivity index (χ4v) is 4.33. The predicted octanol–water partition coefficient (Wildman–Crippen LogP) is 3.97. The van der Waals surface area contributed by atoms with E-state index in [0.717, 1.165) is 38.2 Å². The van der Waals surface area contributed by atoms with E-state index in [1.165, 1.54) is 11.1 Å². The lowest BCUT2D eigenvalue weighted by Gasteiger charge is -2.38. The van der Waals surface area contributed by atoms with Crippen LogP contribution < -0.4 is 5.32 Å². The van der Waals surface area contributed by atoms with Crippen LogP contribution in [0.25, 0.3) is 0 Å². The third-order valence-corrected chi connectivity index (χ3v) is 6.13. The summed E-state index contributed by atoms with van der Waals surface area (Å²) in [4.78, 5) is 13.1. The summed E-state index contributed by atoms with van der Waals surface area (Å²) in [5.41, 5.74) is 4.00. The molecule has 1 amide bonds. The molecule has 0 bridgehead atoms. The van der Waals surface area contributed by atoms with Gasteiger partial charge >= 0.3 is 0 Å². The van der Waals surface area contributed by atoms with Crippen LogP contribution in [0, 0.1) is 0 Å². The summed E-state index contributed by atoms with van der Waals surface area (Å²) < 4.78 is 7.54. The highest BCUT2D eigenvalue weighted by Crippen LogP contribution is 2.34. The first-order valence-electron chi connectivity index (χ1n) is 10.7. The van der Waals surface area contributed by atoms with E-state index < -0.39 is 0 Å². The van der Waals surface area contributed by atoms with Crippen molar-refractivity contribution in [1.82, 2.24) is 15.1 Å². The van der Waals surface area contributed by atoms with Gasteiger partial charge in [-0.15, -0.1) is 0 Å². The standard InChI is InChI=1S/C25H29N3O2/c1-2-23-22(17-27-28(23)18-20-9-5-3-6-10-20)24(29)26-19-25(13-15-30-16-14-25)21-11-7-4-8-12-21/h3-12,17H,2,13-16,18-19H2,1H3,(H,26,29). The van der Waals surface area contributed by atoms with Crippen molar-refractivity contribution >= 4 is 5.91 Å². The Bertz CT molecular complexity index is 961. The van der Waals surface area contributed by atoms with Crippen molar-refractivity contribution in [3.63, 3.8) is 0 Å². The largest absolute Gasteiger partial charge is 0.381 e. The summed E-state index contributed by atoms with van der Waals surface area (Å²) in [5.74, 6) is -0.0482. The Morgan fingerprint density at radius 2 is 1.73 bits per heavy atom. The van der Waals surface area contributed by atoms with Gasteiger partial charge in [-0.05, 0) is 30.4 Å². The molecule has 5 heteroatoms. The molecular weight excluding hydrogens is 374 g/mol. The van der Waals surface area contributed by atoms with E-state index in [1.807, 2.05) is 28.9 Å². The van der Waals surface area contributed by atoms with Gasteiger partial charge < -0.3 is 10.1 Å². The number of nitrogens with one attached hydrogen (secondary N) is 1. The molecule has 2 aromatic carbocycles. The van der Waals surface area contributed by atoms with Crippen LogP contribution in [-0.2, 0) is 23.1 Å². The minimum absolute atomic E-state index is 0.0482. The van der Waals surface area contributed by atoms with Gasteiger partial charge in [0.2, 0.25) is 0 Å². The molecule has 1 fully saturated rings. The average molecular weight is 404 g/mol. The number of carbonyl (C=O) groups excluding carboxylic acids is 1. The van der Waals surface area contributed by atoms with Gasteiger partial charge in [0.1, 0.15) is 0 Å². The van der Waals surface area contributed by atoms with Crippen molar-refractivity contribution in [2.75, 3.05) is 19.8 Å². The molecule has 1 N–H and O–H groups in total. The first kappa shape index (κ1) is 20.4. The highest BCUT2D eigenvalue weighted by Gasteiger charge is 2.35. The molecule has 0 spiro atoms. The first-order valence-corrected chi connectivity index (χ1v) is 10.7. The summed E-state index contributed by atoms with van der Waals surface area (Å²) in [6.45, 7) is 4.79. The van der Waals surface area contributed by atoms with Crippen LogP contribution in [0.3, 0.4) is 0 Å². The Kier molecular flexibility index (Phi) is 6.29. The smallest absolute Gasteiger partial charge is 0.254 e. The van der Waals surface area contributed by atoms with Gasteiger partial charge in [-0.3, -0.25) is 9.48 Å². The maximum Gasteiger partial charge on any atom is 0.254 e. The number of nitrogens with zero attached hydrogens (tertiary/aromatic N) is 2. The van der Waals surface area contributed by atoms with Crippen molar-refractivity contribution in [1.29, 1.82) is 0 Å². The molecule has 0 atom stereocenters. The number of benzene rings is 2. The SMILES string of the molecule is CCc1c(C(=O)NCC2(c3ccccc3)CCOCC2)cnn1Cc1ccccc1. The predicted molar refractivity (Wildman–Crippen MR) is 118 cm³/mol. The van der Waals surface area contributed by atoms with Crippen molar-refractivity contribution < 1.29 is 9.53 Å². The van der Waals surface area contributed by atoms with Gasteiger partial charge in [0.25, 0.3) is 5.91 Å². The van der Waals surface area contributed by atoms with Gasteiger partial charge in [0.15, 0.2) is 0 Å². The molecule has 30 heavy (non-hydrogen) atoms. The molecular formula is C25H29N3O2. The number of ether oxygens (including phenoxy) is 1. The normalized spacial score (nSPS) is 15.6. The lowest BCUT2D eigenvalue weighted by molar-refractivity contribution is 0.0487.